The molecule has 0 bridgehead atoms. The van der Waals surface area contributed by atoms with E-state index in [0.717, 1.165) is 0 Å². The summed E-state index contributed by atoms with van der Waals surface area (Å²) in [5, 5.41) is 19.4. The summed E-state index contributed by atoms with van der Waals surface area (Å²) in [6.07, 6.45) is 0.296. The number of phenolic OH excluding ortho intramolecular Hbond substituents is 1. The Hall–Kier alpha value is -3.06. The van der Waals surface area contributed by atoms with Crippen LogP contribution in [0.25, 0.3) is 21.9 Å². The first-order valence-corrected chi connectivity index (χ1v) is 7.50. The number of aliphatic hydroxyl groups is 1. The molecule has 2 aromatic carbocycles. The van der Waals surface area contributed by atoms with Crippen LogP contribution in [0.2, 0.25) is 0 Å². The Bertz CT molecular complexity index is 1030. The molecule has 0 saturated carbocycles. The Kier molecular flexibility index (Phi) is 4.33. The molecule has 0 atom stereocenters. The molecule has 0 saturated heterocycles. The van der Waals surface area contributed by atoms with Crippen molar-refractivity contribution in [3.05, 3.63) is 45.6 Å². The highest BCUT2D eigenvalue weighted by atomic mass is 16.5. The van der Waals surface area contributed by atoms with Crippen molar-refractivity contribution in [2.45, 2.75) is 6.42 Å². The predicted octanol–water partition coefficient (Wildman–Crippen LogP) is 1.98. The predicted molar refractivity (Wildman–Crippen MR) is 90.3 cm³/mol. The van der Waals surface area contributed by atoms with Gasteiger partial charge in [0.1, 0.15) is 22.3 Å². The van der Waals surface area contributed by atoms with Crippen LogP contribution >= 0.6 is 0 Å². The van der Waals surface area contributed by atoms with Gasteiger partial charge in [0, 0.05) is 6.61 Å². The van der Waals surface area contributed by atoms with Crippen LogP contribution in [0.15, 0.2) is 33.5 Å². The molecule has 0 radical (unpaired) electrons. The van der Waals surface area contributed by atoms with Gasteiger partial charge < -0.3 is 24.1 Å². The third-order valence-electron chi connectivity index (χ3n) is 3.95. The van der Waals surface area contributed by atoms with Crippen LogP contribution in [-0.4, -0.2) is 37.0 Å². The van der Waals surface area contributed by atoms with E-state index in [4.69, 9.17) is 19.0 Å². The summed E-state index contributed by atoms with van der Waals surface area (Å²) in [5.74, 6) is -0.776. The van der Waals surface area contributed by atoms with Crippen LogP contribution in [0.1, 0.15) is 15.9 Å². The van der Waals surface area contributed by atoms with Crippen LogP contribution in [0.4, 0.5) is 0 Å². The number of aliphatic hydroxyl groups excluding tert-OH is 1. The Balaban J connectivity index is 2.43. The molecule has 1 aromatic heterocycles. The molecule has 1 heterocycles. The van der Waals surface area contributed by atoms with E-state index in [-0.39, 0.29) is 45.6 Å². The number of carbonyl (C=O) groups excluding carboxylic acids is 1. The summed E-state index contributed by atoms with van der Waals surface area (Å²) in [5.41, 5.74) is 0.512. The van der Waals surface area contributed by atoms with Gasteiger partial charge in [-0.3, -0.25) is 4.79 Å². The van der Waals surface area contributed by atoms with Crippen molar-refractivity contribution in [1.29, 1.82) is 0 Å². The van der Waals surface area contributed by atoms with Crippen molar-refractivity contribution < 1.29 is 28.9 Å². The minimum Gasteiger partial charge on any atom is -0.507 e. The quantitative estimate of drug-likeness (QED) is 0.550. The molecule has 0 aliphatic heterocycles. The molecule has 3 rings (SSSR count). The van der Waals surface area contributed by atoms with E-state index in [1.165, 1.54) is 32.4 Å². The molecule has 7 nitrogen and oxygen atoms in total. The maximum atomic E-state index is 12.8. The molecule has 0 fully saturated rings. The fourth-order valence-electron chi connectivity index (χ4n) is 2.80. The number of esters is 1. The number of fused-ring (bicyclic) bond motifs is 2. The molecular formula is C18H16O7. The van der Waals surface area contributed by atoms with Crippen molar-refractivity contribution in [3.8, 4) is 11.5 Å². The van der Waals surface area contributed by atoms with E-state index in [0.29, 0.717) is 12.0 Å². The molecule has 0 aliphatic carbocycles. The number of benzene rings is 2. The molecule has 0 unspecified atom stereocenters. The van der Waals surface area contributed by atoms with E-state index in [2.05, 4.69) is 0 Å². The zero-order valence-corrected chi connectivity index (χ0v) is 13.7. The van der Waals surface area contributed by atoms with Crippen LogP contribution in [0.3, 0.4) is 0 Å². The Labute approximate surface area is 142 Å². The number of hydrogen-bond acceptors (Lipinski definition) is 7. The van der Waals surface area contributed by atoms with E-state index in [1.807, 2.05) is 0 Å². The number of phenols is 1. The average molecular weight is 344 g/mol. The molecule has 0 aliphatic rings. The van der Waals surface area contributed by atoms with Crippen molar-refractivity contribution >= 4 is 27.9 Å². The van der Waals surface area contributed by atoms with Gasteiger partial charge in [0.05, 0.1) is 19.6 Å². The Morgan fingerprint density at radius 3 is 2.64 bits per heavy atom. The second kappa shape index (κ2) is 6.45. The molecule has 2 N–H and O–H groups in total. The second-order valence-electron chi connectivity index (χ2n) is 5.41. The zero-order chi connectivity index (χ0) is 18.1. The topological polar surface area (TPSA) is 106 Å². The minimum atomic E-state index is -0.627. The Morgan fingerprint density at radius 1 is 1.24 bits per heavy atom. The third kappa shape index (κ3) is 2.68. The summed E-state index contributed by atoms with van der Waals surface area (Å²) in [6, 6.07) is 5.82. The summed E-state index contributed by atoms with van der Waals surface area (Å²) < 4.78 is 15.7. The maximum absolute atomic E-state index is 12.8. The smallest absolute Gasteiger partial charge is 0.341 e. The number of methoxy groups -OCH3 is 2. The fourth-order valence-corrected chi connectivity index (χ4v) is 2.80. The lowest BCUT2D eigenvalue weighted by atomic mass is 10.0. The van der Waals surface area contributed by atoms with Crippen molar-refractivity contribution in [2.24, 2.45) is 0 Å². The van der Waals surface area contributed by atoms with E-state index < -0.39 is 11.4 Å². The molecular weight excluding hydrogens is 328 g/mol. The summed E-state index contributed by atoms with van der Waals surface area (Å²) in [7, 11) is 2.59. The van der Waals surface area contributed by atoms with Crippen LogP contribution < -0.4 is 10.2 Å². The first-order valence-electron chi connectivity index (χ1n) is 7.50. The van der Waals surface area contributed by atoms with Gasteiger partial charge in [-0.2, -0.15) is 0 Å². The number of carbonyl (C=O) groups is 1. The number of ether oxygens (including phenoxy) is 2. The average Bonchev–Trinajstić information content (AvgIpc) is 2.60. The van der Waals surface area contributed by atoms with Gasteiger partial charge in [-0.15, -0.1) is 0 Å². The molecule has 3 aromatic rings. The maximum Gasteiger partial charge on any atom is 0.341 e. The van der Waals surface area contributed by atoms with Crippen LogP contribution in [0.5, 0.6) is 11.5 Å². The van der Waals surface area contributed by atoms with Gasteiger partial charge in [0.25, 0.3) is 0 Å². The Morgan fingerprint density at radius 2 is 2.00 bits per heavy atom. The van der Waals surface area contributed by atoms with E-state index >= 15 is 0 Å². The van der Waals surface area contributed by atoms with Crippen molar-refractivity contribution in [2.75, 3.05) is 20.8 Å². The lowest BCUT2D eigenvalue weighted by Crippen LogP contribution is -2.08. The number of aromatic hydroxyl groups is 1. The minimum absolute atomic E-state index is 0.0297. The van der Waals surface area contributed by atoms with E-state index in [9.17, 15) is 14.7 Å². The van der Waals surface area contributed by atoms with Gasteiger partial charge in [0.2, 0.25) is 5.43 Å². The SMILES string of the molecule is COC(=O)c1ccc2c(=O)c3c(O)cc(CCO)cc3oc2c1OC. The first kappa shape index (κ1) is 16.8. The van der Waals surface area contributed by atoms with Gasteiger partial charge in [-0.05, 0) is 36.2 Å². The highest BCUT2D eigenvalue weighted by Crippen LogP contribution is 2.33. The number of rotatable bonds is 4. The van der Waals surface area contributed by atoms with Crippen LogP contribution in [0, 0.1) is 0 Å². The fraction of sp³-hybridized carbons (Fsp3) is 0.222. The first-order chi connectivity index (χ1) is 12.0. The molecule has 130 valence electrons. The zero-order valence-electron chi connectivity index (χ0n) is 13.7. The highest BCUT2D eigenvalue weighted by molar-refractivity contribution is 6.02. The lowest BCUT2D eigenvalue weighted by Gasteiger charge is -2.11. The number of hydrogen-bond donors (Lipinski definition) is 2. The summed E-state index contributed by atoms with van der Waals surface area (Å²) in [4.78, 5) is 24.6. The molecule has 7 heteroatoms. The second-order valence-corrected chi connectivity index (χ2v) is 5.41. The van der Waals surface area contributed by atoms with Gasteiger partial charge in [-0.1, -0.05) is 0 Å². The van der Waals surface area contributed by atoms with Gasteiger partial charge in [0.15, 0.2) is 11.3 Å². The summed E-state index contributed by atoms with van der Waals surface area (Å²) >= 11 is 0. The van der Waals surface area contributed by atoms with Gasteiger partial charge in [-0.25, -0.2) is 4.79 Å². The normalized spacial score (nSPS) is 11.0. The lowest BCUT2D eigenvalue weighted by molar-refractivity contribution is 0.0597. The standard InChI is InChI=1S/C18H16O7/c1-23-16-11(18(22)24-2)4-3-10-15(21)14-12(20)7-9(5-6-19)8-13(14)25-17(10)16/h3-4,7-8,19-20H,5-6H2,1-2H3. The highest BCUT2D eigenvalue weighted by Gasteiger charge is 2.21. The van der Waals surface area contributed by atoms with Crippen LogP contribution in [-0.2, 0) is 11.2 Å². The monoisotopic (exact) mass is 344 g/mol. The molecule has 25 heavy (non-hydrogen) atoms. The van der Waals surface area contributed by atoms with Gasteiger partial charge >= 0.3 is 5.97 Å². The van der Waals surface area contributed by atoms with Crippen molar-refractivity contribution in [3.63, 3.8) is 0 Å². The molecule has 0 amide bonds. The van der Waals surface area contributed by atoms with Crippen molar-refractivity contribution in [1.82, 2.24) is 0 Å². The summed E-state index contributed by atoms with van der Waals surface area (Å²) in [6.45, 7) is -0.113. The van der Waals surface area contributed by atoms with E-state index in [1.54, 1.807) is 6.07 Å². The third-order valence-corrected chi connectivity index (χ3v) is 3.95. The molecule has 0 spiro atoms. The largest absolute Gasteiger partial charge is 0.507 e.